The van der Waals surface area contributed by atoms with Gasteiger partial charge < -0.3 is 25.8 Å². The van der Waals surface area contributed by atoms with Gasteiger partial charge in [-0.05, 0) is 0 Å². The van der Waals surface area contributed by atoms with Crippen molar-refractivity contribution in [3.8, 4) is 0 Å². The maximum absolute atomic E-state index is 10.4. The zero-order valence-corrected chi connectivity index (χ0v) is 6.25. The minimum atomic E-state index is -1.39. The number of aliphatic carboxylic acids is 1. The highest BCUT2D eigenvalue weighted by Crippen LogP contribution is 2.20. The van der Waals surface area contributed by atoms with Gasteiger partial charge in [0.15, 0.2) is 6.10 Å². The normalized spacial score (nSPS) is 41.6. The van der Waals surface area contributed by atoms with Gasteiger partial charge in [0, 0.05) is 6.54 Å². The van der Waals surface area contributed by atoms with Crippen LogP contribution >= 0.6 is 0 Å². The van der Waals surface area contributed by atoms with E-state index in [-0.39, 0.29) is 6.54 Å². The molecule has 0 radical (unpaired) electrons. The number of nitrogens with two attached hydrogens (primary N) is 1. The van der Waals surface area contributed by atoms with Crippen LogP contribution in [0.5, 0.6) is 0 Å². The van der Waals surface area contributed by atoms with Gasteiger partial charge in [0.25, 0.3) is 0 Å². The topological polar surface area (TPSA) is 113 Å². The molecule has 0 aliphatic carbocycles. The average molecular weight is 177 g/mol. The molecule has 0 spiro atoms. The zero-order chi connectivity index (χ0) is 9.30. The maximum Gasteiger partial charge on any atom is 0.335 e. The van der Waals surface area contributed by atoms with Crippen molar-refractivity contribution in [3.05, 3.63) is 0 Å². The third kappa shape index (κ3) is 1.42. The lowest BCUT2D eigenvalue weighted by atomic mass is 10.1. The van der Waals surface area contributed by atoms with E-state index in [0.29, 0.717) is 0 Å². The van der Waals surface area contributed by atoms with Crippen molar-refractivity contribution >= 4 is 5.97 Å². The van der Waals surface area contributed by atoms with Crippen LogP contribution in [0.15, 0.2) is 0 Å². The van der Waals surface area contributed by atoms with Crippen molar-refractivity contribution in [3.63, 3.8) is 0 Å². The molecule has 1 aliphatic heterocycles. The molecule has 1 rings (SSSR count). The molecule has 1 saturated heterocycles. The lowest BCUT2D eigenvalue weighted by molar-refractivity contribution is -0.153. The molecule has 0 aromatic carbocycles. The van der Waals surface area contributed by atoms with Gasteiger partial charge in [0.1, 0.15) is 12.2 Å². The van der Waals surface area contributed by atoms with E-state index in [0.717, 1.165) is 0 Å². The summed E-state index contributed by atoms with van der Waals surface area (Å²) < 4.78 is 4.77. The Morgan fingerprint density at radius 1 is 1.42 bits per heavy atom. The van der Waals surface area contributed by atoms with Crippen LogP contribution in [-0.4, -0.2) is 52.2 Å². The Hall–Kier alpha value is -0.690. The minimum absolute atomic E-state index is 0.0119. The summed E-state index contributed by atoms with van der Waals surface area (Å²) in [4.78, 5) is 10.4. The summed E-state index contributed by atoms with van der Waals surface area (Å²) >= 11 is 0. The van der Waals surface area contributed by atoms with Gasteiger partial charge in [-0.3, -0.25) is 0 Å². The highest BCUT2D eigenvalue weighted by molar-refractivity contribution is 5.73. The molecular weight excluding hydrogens is 166 g/mol. The number of hydrogen-bond donors (Lipinski definition) is 4. The second-order valence-electron chi connectivity index (χ2n) is 2.65. The fourth-order valence-electron chi connectivity index (χ4n) is 1.15. The van der Waals surface area contributed by atoms with E-state index in [1.807, 2.05) is 0 Å². The van der Waals surface area contributed by atoms with Gasteiger partial charge >= 0.3 is 5.97 Å². The molecule has 0 saturated carbocycles. The summed E-state index contributed by atoms with van der Waals surface area (Å²) in [6.07, 6.45) is -4.76. The van der Waals surface area contributed by atoms with E-state index >= 15 is 0 Å². The van der Waals surface area contributed by atoms with Gasteiger partial charge in [0.05, 0.1) is 6.10 Å². The van der Waals surface area contributed by atoms with Crippen molar-refractivity contribution in [1.82, 2.24) is 0 Å². The highest BCUT2D eigenvalue weighted by Gasteiger charge is 2.45. The molecule has 70 valence electrons. The first-order valence-electron chi connectivity index (χ1n) is 3.52. The molecule has 1 heterocycles. The smallest absolute Gasteiger partial charge is 0.335 e. The van der Waals surface area contributed by atoms with Crippen LogP contribution in [0.25, 0.3) is 0 Å². The minimum Gasteiger partial charge on any atom is -0.479 e. The van der Waals surface area contributed by atoms with Crippen molar-refractivity contribution in [1.29, 1.82) is 0 Å². The molecule has 12 heavy (non-hydrogen) atoms. The molecule has 0 bridgehead atoms. The number of carboxylic acid groups (broad SMARTS) is 1. The second-order valence-corrected chi connectivity index (χ2v) is 2.65. The number of rotatable bonds is 2. The third-order valence-corrected chi connectivity index (χ3v) is 1.84. The average Bonchev–Trinajstić information content (AvgIpc) is 2.30. The molecule has 0 aromatic heterocycles. The summed E-state index contributed by atoms with van der Waals surface area (Å²) in [5, 5.41) is 26.8. The van der Waals surface area contributed by atoms with Crippen molar-refractivity contribution in [2.45, 2.75) is 24.4 Å². The van der Waals surface area contributed by atoms with Gasteiger partial charge in [0.2, 0.25) is 0 Å². The molecule has 4 atom stereocenters. The molecule has 6 heteroatoms. The molecule has 0 aromatic rings. The Labute approximate surface area is 68.6 Å². The molecule has 5 N–H and O–H groups in total. The predicted molar refractivity (Wildman–Crippen MR) is 37.4 cm³/mol. The quantitative estimate of drug-likeness (QED) is 0.371. The lowest BCUT2D eigenvalue weighted by Crippen LogP contribution is -2.37. The summed E-state index contributed by atoms with van der Waals surface area (Å²) in [6, 6.07) is 0. The molecule has 0 amide bonds. The number of hydrogen-bond acceptors (Lipinski definition) is 5. The van der Waals surface area contributed by atoms with Crippen LogP contribution in [0.4, 0.5) is 0 Å². The van der Waals surface area contributed by atoms with Crippen LogP contribution in [0.2, 0.25) is 0 Å². The van der Waals surface area contributed by atoms with Crippen LogP contribution in [0.3, 0.4) is 0 Å². The van der Waals surface area contributed by atoms with Crippen LogP contribution in [-0.2, 0) is 9.53 Å². The number of aliphatic hydroxyl groups is 2. The van der Waals surface area contributed by atoms with E-state index in [1.54, 1.807) is 0 Å². The van der Waals surface area contributed by atoms with Crippen molar-refractivity contribution in [2.24, 2.45) is 5.73 Å². The number of ether oxygens (including phenoxy) is 1. The zero-order valence-electron chi connectivity index (χ0n) is 6.25. The van der Waals surface area contributed by atoms with E-state index < -0.39 is 30.4 Å². The molecule has 1 aliphatic rings. The Bertz CT molecular complexity index is 185. The Morgan fingerprint density at radius 3 is 2.25 bits per heavy atom. The molecular formula is C6H11NO5. The van der Waals surface area contributed by atoms with Crippen LogP contribution in [0.1, 0.15) is 0 Å². The van der Waals surface area contributed by atoms with Gasteiger partial charge in [-0.15, -0.1) is 0 Å². The van der Waals surface area contributed by atoms with Crippen molar-refractivity contribution in [2.75, 3.05) is 6.54 Å². The summed E-state index contributed by atoms with van der Waals surface area (Å²) in [6.45, 7) is -0.0119. The maximum atomic E-state index is 10.4. The van der Waals surface area contributed by atoms with Crippen LogP contribution < -0.4 is 5.73 Å². The van der Waals surface area contributed by atoms with Gasteiger partial charge in [-0.25, -0.2) is 4.79 Å². The first-order valence-corrected chi connectivity index (χ1v) is 3.52. The summed E-state index contributed by atoms with van der Waals surface area (Å²) in [5.74, 6) is -1.29. The molecule has 6 nitrogen and oxygen atoms in total. The van der Waals surface area contributed by atoms with E-state index in [9.17, 15) is 4.79 Å². The standard InChI is InChI=1S/C6H11NO5/c7-1-2-3(8)4(9)5(12-2)6(10)11/h2-5,8-9H,1,7H2,(H,10,11)/t2-,3-,4-,5-/m0/s1. The Morgan fingerprint density at radius 2 is 2.00 bits per heavy atom. The van der Waals surface area contributed by atoms with E-state index in [2.05, 4.69) is 0 Å². The molecule has 0 unspecified atom stereocenters. The summed E-state index contributed by atoms with van der Waals surface area (Å²) in [5.41, 5.74) is 5.16. The SMILES string of the molecule is NC[C@@H]1O[C@H](C(=O)O)[C@@H](O)[C@H]1O. The molecule has 1 fully saturated rings. The number of aliphatic hydroxyl groups excluding tert-OH is 2. The van der Waals surface area contributed by atoms with E-state index in [4.69, 9.17) is 25.8 Å². The Kier molecular flexibility index (Phi) is 2.63. The largest absolute Gasteiger partial charge is 0.479 e. The van der Waals surface area contributed by atoms with Crippen molar-refractivity contribution < 1.29 is 24.9 Å². The summed E-state index contributed by atoms with van der Waals surface area (Å²) in [7, 11) is 0. The fourth-order valence-corrected chi connectivity index (χ4v) is 1.15. The van der Waals surface area contributed by atoms with Gasteiger partial charge in [-0.1, -0.05) is 0 Å². The second kappa shape index (κ2) is 3.36. The number of carboxylic acids is 1. The Balaban J connectivity index is 2.66. The third-order valence-electron chi connectivity index (χ3n) is 1.84. The monoisotopic (exact) mass is 177 g/mol. The first-order chi connectivity index (χ1) is 5.57. The lowest BCUT2D eigenvalue weighted by Gasteiger charge is -2.10. The first kappa shape index (κ1) is 9.40. The van der Waals surface area contributed by atoms with E-state index in [1.165, 1.54) is 0 Å². The van der Waals surface area contributed by atoms with Gasteiger partial charge in [-0.2, -0.15) is 0 Å². The number of carbonyl (C=O) groups is 1. The van der Waals surface area contributed by atoms with Crippen LogP contribution in [0, 0.1) is 0 Å². The highest BCUT2D eigenvalue weighted by atomic mass is 16.6. The predicted octanol–water partition coefficient (Wildman–Crippen LogP) is -2.48. The fraction of sp³-hybridized carbons (Fsp3) is 0.833.